The van der Waals surface area contributed by atoms with Crippen LogP contribution in [0.2, 0.25) is 0 Å². The highest BCUT2D eigenvalue weighted by molar-refractivity contribution is 5.84. The smallest absolute Gasteiger partial charge is 0.240 e. The van der Waals surface area contributed by atoms with Crippen molar-refractivity contribution in [3.05, 3.63) is 0 Å². The number of amides is 1. The molecule has 1 rings (SSSR count). The van der Waals surface area contributed by atoms with Gasteiger partial charge < -0.3 is 21.7 Å². The molecule has 1 fully saturated rings. The molecule has 0 aromatic carbocycles. The standard InChI is InChI=1S/C11H20N5O2/c12-9(4-1-5-15-11(13)14)10(18)16-6-2-3-8(16)7-17/h8-9H,1-6,12H2,(H4,13,14,15)/t8-,9-/m0/s1. The molecule has 0 aromatic rings. The highest BCUT2D eigenvalue weighted by atomic mass is 16.2. The summed E-state index contributed by atoms with van der Waals surface area (Å²) in [5.41, 5.74) is 10.9. The molecule has 2 atom stereocenters. The zero-order valence-electron chi connectivity index (χ0n) is 10.3. The molecular formula is C11H20N5O2. The Morgan fingerprint density at radius 3 is 2.94 bits per heavy atom. The Morgan fingerprint density at radius 1 is 1.61 bits per heavy atom. The number of likely N-dealkylation sites (tertiary alicyclic amines) is 1. The SMILES string of the molecule is N=C(N)NCCC[C@H](N)C(=O)N1CCC[C@H]1[C]=O. The maximum absolute atomic E-state index is 12.0. The van der Waals surface area contributed by atoms with Gasteiger partial charge in [0.15, 0.2) is 5.96 Å². The maximum atomic E-state index is 12.0. The summed E-state index contributed by atoms with van der Waals surface area (Å²) in [5, 5.41) is 9.62. The molecule has 6 N–H and O–H groups in total. The van der Waals surface area contributed by atoms with E-state index in [0.29, 0.717) is 32.4 Å². The number of hydrogen-bond donors (Lipinski definition) is 4. The highest BCUT2D eigenvalue weighted by Crippen LogP contribution is 2.16. The minimum absolute atomic E-state index is 0.0925. The van der Waals surface area contributed by atoms with Crippen LogP contribution in [0.15, 0.2) is 0 Å². The third kappa shape index (κ3) is 3.99. The number of nitrogens with zero attached hydrogens (tertiary/aromatic N) is 1. The lowest BCUT2D eigenvalue weighted by atomic mass is 10.1. The van der Waals surface area contributed by atoms with Gasteiger partial charge in [-0.15, -0.1) is 0 Å². The van der Waals surface area contributed by atoms with Gasteiger partial charge in [-0.3, -0.25) is 15.0 Å². The van der Waals surface area contributed by atoms with Crippen LogP contribution >= 0.6 is 0 Å². The molecule has 1 aliphatic rings. The van der Waals surface area contributed by atoms with Gasteiger partial charge in [-0.05, 0) is 25.7 Å². The van der Waals surface area contributed by atoms with Gasteiger partial charge in [0.2, 0.25) is 12.2 Å². The maximum Gasteiger partial charge on any atom is 0.240 e. The largest absolute Gasteiger partial charge is 0.370 e. The second-order valence-corrected chi connectivity index (χ2v) is 4.40. The van der Waals surface area contributed by atoms with E-state index in [0.717, 1.165) is 6.42 Å². The number of carbonyl (C=O) groups is 1. The number of rotatable bonds is 6. The topological polar surface area (TPSA) is 125 Å². The molecule has 0 unspecified atom stereocenters. The minimum Gasteiger partial charge on any atom is -0.370 e. The lowest BCUT2D eigenvalue weighted by Gasteiger charge is -2.23. The van der Waals surface area contributed by atoms with Crippen LogP contribution in [-0.4, -0.2) is 48.2 Å². The average Bonchev–Trinajstić information content (AvgIpc) is 2.81. The first-order valence-electron chi connectivity index (χ1n) is 6.08. The van der Waals surface area contributed by atoms with Crippen molar-refractivity contribution in [2.75, 3.05) is 13.1 Å². The molecule has 0 saturated carbocycles. The molecule has 0 bridgehead atoms. The summed E-state index contributed by atoms with van der Waals surface area (Å²) in [5.74, 6) is -0.284. The fourth-order valence-electron chi connectivity index (χ4n) is 2.03. The van der Waals surface area contributed by atoms with Crippen LogP contribution in [0.1, 0.15) is 25.7 Å². The molecule has 0 aliphatic carbocycles. The van der Waals surface area contributed by atoms with E-state index in [1.807, 2.05) is 6.29 Å². The Labute approximate surface area is 106 Å². The van der Waals surface area contributed by atoms with E-state index in [2.05, 4.69) is 5.32 Å². The summed E-state index contributed by atoms with van der Waals surface area (Å²) >= 11 is 0. The first kappa shape index (κ1) is 14.4. The third-order valence-corrected chi connectivity index (χ3v) is 3.00. The fraction of sp³-hybridized carbons (Fsp3) is 0.727. The zero-order valence-corrected chi connectivity index (χ0v) is 10.3. The van der Waals surface area contributed by atoms with E-state index in [4.69, 9.17) is 16.9 Å². The van der Waals surface area contributed by atoms with Crippen LogP contribution in [0, 0.1) is 5.41 Å². The molecule has 1 saturated heterocycles. The Kier molecular flexibility index (Phi) is 5.57. The quantitative estimate of drug-likeness (QED) is 0.266. The second kappa shape index (κ2) is 6.95. The second-order valence-electron chi connectivity index (χ2n) is 4.40. The first-order valence-corrected chi connectivity index (χ1v) is 6.08. The Hall–Kier alpha value is -1.63. The molecule has 0 aromatic heterocycles. The van der Waals surface area contributed by atoms with Crippen molar-refractivity contribution in [2.45, 2.75) is 37.8 Å². The molecular weight excluding hydrogens is 234 g/mol. The van der Waals surface area contributed by atoms with Crippen molar-refractivity contribution < 1.29 is 9.59 Å². The summed E-state index contributed by atoms with van der Waals surface area (Å²) < 4.78 is 0. The van der Waals surface area contributed by atoms with Crippen molar-refractivity contribution in [1.82, 2.24) is 10.2 Å². The summed E-state index contributed by atoms with van der Waals surface area (Å²) in [6.07, 6.45) is 4.52. The van der Waals surface area contributed by atoms with Crippen LogP contribution in [0.5, 0.6) is 0 Å². The number of guanidine groups is 1. The minimum atomic E-state index is -0.604. The fourth-order valence-corrected chi connectivity index (χ4v) is 2.03. The lowest BCUT2D eigenvalue weighted by molar-refractivity contribution is -0.132. The predicted octanol–water partition coefficient (Wildman–Crippen LogP) is -1.32. The normalized spacial score (nSPS) is 20.5. The van der Waals surface area contributed by atoms with Crippen LogP contribution in [0.4, 0.5) is 0 Å². The predicted molar refractivity (Wildman–Crippen MR) is 67.6 cm³/mol. The summed E-state index contributed by atoms with van der Waals surface area (Å²) in [6, 6.07) is -1.04. The summed E-state index contributed by atoms with van der Waals surface area (Å²) in [7, 11) is 0. The van der Waals surface area contributed by atoms with Crippen LogP contribution in [-0.2, 0) is 9.59 Å². The van der Waals surface area contributed by atoms with Gasteiger partial charge in [-0.25, -0.2) is 0 Å². The molecule has 101 valence electrons. The van der Waals surface area contributed by atoms with Crippen molar-refractivity contribution in [3.63, 3.8) is 0 Å². The van der Waals surface area contributed by atoms with Gasteiger partial charge in [0, 0.05) is 13.1 Å². The molecule has 0 spiro atoms. The Balaban J connectivity index is 2.32. The average molecular weight is 254 g/mol. The van der Waals surface area contributed by atoms with Gasteiger partial charge >= 0.3 is 0 Å². The Bertz CT molecular complexity index is 321. The van der Waals surface area contributed by atoms with E-state index in [9.17, 15) is 9.59 Å². The van der Waals surface area contributed by atoms with Gasteiger partial charge in [0.05, 0.1) is 12.1 Å². The molecule has 7 heteroatoms. The van der Waals surface area contributed by atoms with Gasteiger partial charge in [-0.1, -0.05) is 0 Å². The lowest BCUT2D eigenvalue weighted by Crippen LogP contribution is -2.46. The summed E-state index contributed by atoms with van der Waals surface area (Å²) in [4.78, 5) is 24.2. The number of nitrogens with one attached hydrogen (secondary N) is 2. The molecule has 1 amide bonds. The highest BCUT2D eigenvalue weighted by Gasteiger charge is 2.31. The number of hydrogen-bond acceptors (Lipinski definition) is 4. The van der Waals surface area contributed by atoms with Crippen LogP contribution < -0.4 is 16.8 Å². The van der Waals surface area contributed by atoms with E-state index < -0.39 is 12.1 Å². The van der Waals surface area contributed by atoms with Crippen molar-refractivity contribution >= 4 is 18.2 Å². The van der Waals surface area contributed by atoms with Gasteiger partial charge in [0.25, 0.3) is 0 Å². The van der Waals surface area contributed by atoms with Crippen LogP contribution in [0.25, 0.3) is 0 Å². The van der Waals surface area contributed by atoms with E-state index in [1.54, 1.807) is 0 Å². The first-order chi connectivity index (χ1) is 8.56. The van der Waals surface area contributed by atoms with Gasteiger partial charge in [-0.2, -0.15) is 0 Å². The summed E-state index contributed by atoms with van der Waals surface area (Å²) in [6.45, 7) is 1.09. The third-order valence-electron chi connectivity index (χ3n) is 3.00. The molecule has 18 heavy (non-hydrogen) atoms. The van der Waals surface area contributed by atoms with E-state index in [-0.39, 0.29) is 11.9 Å². The van der Waals surface area contributed by atoms with Crippen molar-refractivity contribution in [1.29, 1.82) is 5.41 Å². The van der Waals surface area contributed by atoms with Crippen LogP contribution in [0.3, 0.4) is 0 Å². The zero-order chi connectivity index (χ0) is 13.5. The van der Waals surface area contributed by atoms with Gasteiger partial charge in [0.1, 0.15) is 0 Å². The molecule has 1 aliphatic heterocycles. The molecule has 7 nitrogen and oxygen atoms in total. The van der Waals surface area contributed by atoms with E-state index >= 15 is 0 Å². The number of carbonyl (C=O) groups excluding carboxylic acids is 2. The van der Waals surface area contributed by atoms with Crippen molar-refractivity contribution in [2.24, 2.45) is 11.5 Å². The molecule has 1 heterocycles. The van der Waals surface area contributed by atoms with Crippen molar-refractivity contribution in [3.8, 4) is 0 Å². The molecule has 1 radical (unpaired) electrons. The Morgan fingerprint density at radius 2 is 2.33 bits per heavy atom. The number of nitrogens with two attached hydrogens (primary N) is 2. The van der Waals surface area contributed by atoms with E-state index in [1.165, 1.54) is 4.90 Å². The monoisotopic (exact) mass is 254 g/mol.